The van der Waals surface area contributed by atoms with Gasteiger partial charge in [0.1, 0.15) is 0 Å². The van der Waals surface area contributed by atoms with E-state index in [0.29, 0.717) is 23.6 Å². The molecule has 0 radical (unpaired) electrons. The average Bonchev–Trinajstić information content (AvgIpc) is 3.12. The van der Waals surface area contributed by atoms with Crippen LogP contribution in [0.1, 0.15) is 37.7 Å². The second-order valence-corrected chi connectivity index (χ2v) is 8.67. The highest BCUT2D eigenvalue weighted by Crippen LogP contribution is 2.62. The van der Waals surface area contributed by atoms with Crippen LogP contribution in [0, 0.1) is 11.3 Å². The molecule has 2 saturated carbocycles. The van der Waals surface area contributed by atoms with Crippen LogP contribution < -0.4 is 5.32 Å². The van der Waals surface area contributed by atoms with Crippen LogP contribution in [-0.2, 0) is 11.3 Å². The second-order valence-electron chi connectivity index (χ2n) is 8.67. The van der Waals surface area contributed by atoms with Crippen LogP contribution in [0.3, 0.4) is 0 Å². The fourth-order valence-electron chi connectivity index (χ4n) is 6.00. The number of aliphatic hydroxyl groups is 1. The molecule has 2 aliphatic heterocycles. The van der Waals surface area contributed by atoms with Gasteiger partial charge in [0, 0.05) is 49.7 Å². The summed E-state index contributed by atoms with van der Waals surface area (Å²) in [7, 11) is 0. The van der Waals surface area contributed by atoms with Crippen molar-refractivity contribution in [2.24, 2.45) is 11.3 Å². The maximum atomic E-state index is 10.2. The zero-order chi connectivity index (χ0) is 16.9. The quantitative estimate of drug-likeness (QED) is 0.861. The zero-order valence-electron chi connectivity index (χ0n) is 14.9. The molecule has 2 saturated heterocycles. The number of β-amino-alcohol motifs (C(OH)–C–C–N with tert-alkyl or cyclic N) is 1. The molecule has 1 spiro atoms. The number of fused-ring (bicyclic) bond motifs is 2. The van der Waals surface area contributed by atoms with E-state index in [2.05, 4.69) is 40.5 Å². The Balaban J connectivity index is 1.22. The summed E-state index contributed by atoms with van der Waals surface area (Å²) >= 11 is 0. The predicted octanol–water partition coefficient (Wildman–Crippen LogP) is 2.17. The molecule has 0 aromatic heterocycles. The lowest BCUT2D eigenvalue weighted by molar-refractivity contribution is -0.176. The third-order valence-electron chi connectivity index (χ3n) is 7.34. The molecule has 4 heteroatoms. The molecule has 4 aliphatic rings. The van der Waals surface area contributed by atoms with E-state index in [0.717, 1.165) is 38.6 Å². The lowest BCUT2D eigenvalue weighted by Crippen LogP contribution is -2.71. The first-order valence-corrected chi connectivity index (χ1v) is 10.1. The summed E-state index contributed by atoms with van der Waals surface area (Å²) < 4.78 is 6.04. The van der Waals surface area contributed by atoms with E-state index in [1.54, 1.807) is 0 Å². The van der Waals surface area contributed by atoms with Crippen molar-refractivity contribution in [3.8, 4) is 0 Å². The Morgan fingerprint density at radius 2 is 2.08 bits per heavy atom. The molecular formula is C21H30N2O2. The average molecular weight is 342 g/mol. The molecule has 0 amide bonds. The van der Waals surface area contributed by atoms with Crippen molar-refractivity contribution < 1.29 is 9.84 Å². The van der Waals surface area contributed by atoms with Crippen LogP contribution in [0.15, 0.2) is 30.3 Å². The van der Waals surface area contributed by atoms with E-state index >= 15 is 0 Å². The molecule has 0 unspecified atom stereocenters. The minimum absolute atomic E-state index is 0.183. The van der Waals surface area contributed by atoms with Crippen LogP contribution in [0.5, 0.6) is 0 Å². The highest BCUT2D eigenvalue weighted by molar-refractivity contribution is 5.19. The van der Waals surface area contributed by atoms with Crippen molar-refractivity contribution in [2.45, 2.75) is 62.9 Å². The van der Waals surface area contributed by atoms with Crippen molar-refractivity contribution in [1.29, 1.82) is 0 Å². The number of benzene rings is 1. The van der Waals surface area contributed by atoms with Crippen molar-refractivity contribution in [2.75, 3.05) is 19.7 Å². The molecule has 2 aliphatic carbocycles. The highest BCUT2D eigenvalue weighted by atomic mass is 16.5. The minimum Gasteiger partial charge on any atom is -0.392 e. The Morgan fingerprint density at radius 3 is 2.84 bits per heavy atom. The summed E-state index contributed by atoms with van der Waals surface area (Å²) in [6.07, 6.45) is 6.52. The maximum Gasteiger partial charge on any atom is 0.0690 e. The van der Waals surface area contributed by atoms with Gasteiger partial charge in [-0.1, -0.05) is 36.8 Å². The highest BCUT2D eigenvalue weighted by Gasteiger charge is 2.66. The van der Waals surface area contributed by atoms with Crippen LogP contribution in [0.2, 0.25) is 0 Å². The van der Waals surface area contributed by atoms with Gasteiger partial charge in [-0.15, -0.1) is 0 Å². The summed E-state index contributed by atoms with van der Waals surface area (Å²) in [6.45, 7) is 3.69. The summed E-state index contributed by atoms with van der Waals surface area (Å²) in [5.74, 6) is 0.731. The van der Waals surface area contributed by atoms with Crippen molar-refractivity contribution in [3.05, 3.63) is 35.9 Å². The number of rotatable bonds is 5. The molecule has 2 N–H and O–H groups in total. The van der Waals surface area contributed by atoms with Gasteiger partial charge in [0.2, 0.25) is 0 Å². The number of likely N-dealkylation sites (tertiary alicyclic amines) is 1. The van der Waals surface area contributed by atoms with Crippen LogP contribution >= 0.6 is 0 Å². The molecule has 4 fully saturated rings. The number of ether oxygens (including phenoxy) is 1. The number of hydrogen-bond acceptors (Lipinski definition) is 4. The zero-order valence-corrected chi connectivity index (χ0v) is 14.9. The number of aliphatic hydroxyl groups excluding tert-OH is 1. The first-order chi connectivity index (χ1) is 12.3. The van der Waals surface area contributed by atoms with Crippen molar-refractivity contribution in [1.82, 2.24) is 10.2 Å². The molecule has 25 heavy (non-hydrogen) atoms. The molecular weight excluding hydrogens is 312 g/mol. The van der Waals surface area contributed by atoms with E-state index in [9.17, 15) is 5.11 Å². The maximum absolute atomic E-state index is 10.2. The summed E-state index contributed by atoms with van der Waals surface area (Å²) in [5.41, 5.74) is 1.79. The smallest absolute Gasteiger partial charge is 0.0690 e. The summed E-state index contributed by atoms with van der Waals surface area (Å²) in [6, 6.07) is 11.7. The van der Waals surface area contributed by atoms with Gasteiger partial charge in [-0.2, -0.15) is 0 Å². The SMILES string of the molecule is O[C@@H]1C[C@H](CN[C@@H]2[C@H]3CCO[C@H]3C23CCC3)N(Cc2ccccc2)C1. The standard InChI is InChI=1S/C21H30N2O2/c24-17-11-16(23(14-17)13-15-5-2-1-3-6-15)12-22-19-18-7-10-25-20(18)21(19)8-4-9-21/h1-3,5-6,16-20,22,24H,4,7-14H2/t16-,17-,18-,19-,20-/m1/s1. The van der Waals surface area contributed by atoms with Gasteiger partial charge in [-0.3, -0.25) is 4.90 Å². The third-order valence-corrected chi connectivity index (χ3v) is 7.34. The Hall–Kier alpha value is -0.940. The summed E-state index contributed by atoms with van der Waals surface area (Å²) in [5, 5.41) is 14.1. The fraction of sp³-hybridized carbons (Fsp3) is 0.714. The number of nitrogens with one attached hydrogen (secondary N) is 1. The number of hydrogen-bond donors (Lipinski definition) is 2. The van der Waals surface area contributed by atoms with Crippen LogP contribution in [0.4, 0.5) is 0 Å². The molecule has 0 bridgehead atoms. The molecule has 1 aromatic rings. The molecule has 1 aromatic carbocycles. The molecule has 5 atom stereocenters. The van der Waals surface area contributed by atoms with Crippen LogP contribution in [0.25, 0.3) is 0 Å². The van der Waals surface area contributed by atoms with E-state index < -0.39 is 0 Å². The first-order valence-electron chi connectivity index (χ1n) is 10.1. The molecule has 136 valence electrons. The van der Waals surface area contributed by atoms with Gasteiger partial charge in [0.25, 0.3) is 0 Å². The van der Waals surface area contributed by atoms with E-state index in [4.69, 9.17) is 4.74 Å². The lowest BCUT2D eigenvalue weighted by Gasteiger charge is -2.63. The number of nitrogens with zero attached hydrogens (tertiary/aromatic N) is 1. The second kappa shape index (κ2) is 6.34. The van der Waals surface area contributed by atoms with Gasteiger partial charge in [0.05, 0.1) is 12.2 Å². The lowest BCUT2D eigenvalue weighted by atomic mass is 9.46. The van der Waals surface area contributed by atoms with Gasteiger partial charge < -0.3 is 15.2 Å². The molecule has 2 heterocycles. The summed E-state index contributed by atoms with van der Waals surface area (Å²) in [4.78, 5) is 2.46. The Morgan fingerprint density at radius 1 is 1.24 bits per heavy atom. The monoisotopic (exact) mass is 342 g/mol. The van der Waals surface area contributed by atoms with Gasteiger partial charge in [0.15, 0.2) is 0 Å². The Kier molecular flexibility index (Phi) is 4.12. The molecule has 4 nitrogen and oxygen atoms in total. The van der Waals surface area contributed by atoms with Crippen molar-refractivity contribution in [3.63, 3.8) is 0 Å². The normalized spacial score (nSPS) is 39.2. The van der Waals surface area contributed by atoms with E-state index in [-0.39, 0.29) is 6.10 Å². The topological polar surface area (TPSA) is 44.7 Å². The third kappa shape index (κ3) is 2.66. The van der Waals surface area contributed by atoms with Gasteiger partial charge in [-0.05, 0) is 31.2 Å². The van der Waals surface area contributed by atoms with E-state index in [1.807, 2.05) is 0 Å². The van der Waals surface area contributed by atoms with Gasteiger partial charge in [-0.25, -0.2) is 0 Å². The van der Waals surface area contributed by atoms with Crippen LogP contribution in [-0.4, -0.2) is 54.0 Å². The van der Waals surface area contributed by atoms with Crippen molar-refractivity contribution >= 4 is 0 Å². The Labute approximate surface area is 150 Å². The fourth-order valence-corrected chi connectivity index (χ4v) is 6.00. The van der Waals surface area contributed by atoms with E-state index in [1.165, 1.54) is 31.2 Å². The first kappa shape index (κ1) is 16.2. The van der Waals surface area contributed by atoms with Gasteiger partial charge >= 0.3 is 0 Å². The minimum atomic E-state index is -0.183. The predicted molar refractivity (Wildman–Crippen MR) is 97.2 cm³/mol. The largest absolute Gasteiger partial charge is 0.392 e. The Bertz CT molecular complexity index is 603. The molecule has 5 rings (SSSR count).